The molecular weight excluding hydrogens is 1070 g/mol. The Morgan fingerprint density at radius 1 is 0.267 bits per heavy atom. The summed E-state index contributed by atoms with van der Waals surface area (Å²) in [6.45, 7) is 0. The van der Waals surface area contributed by atoms with E-state index in [9.17, 15) is 0 Å². The topological polar surface area (TPSA) is 79.2 Å². The lowest BCUT2D eigenvalue weighted by Gasteiger charge is -2.15. The maximum atomic E-state index is 5.64. The number of aromatic nitrogens is 8. The van der Waals surface area contributed by atoms with Crippen LogP contribution in [0.3, 0.4) is 0 Å². The number of nitrogens with zero attached hydrogens (tertiary/aromatic N) is 8. The second-order valence-electron chi connectivity index (χ2n) is 22.0. The van der Waals surface area contributed by atoms with Gasteiger partial charge in [-0.05, 0) is 95.1 Å². The Bertz CT molecular complexity index is 5800. The number of fused-ring (bicyclic) bond motifs is 14. The average Bonchev–Trinajstić information content (AvgIpc) is 1.90. The Hall–Kier alpha value is -11.4. The molecule has 6 heterocycles. The average molecular weight is 1120 g/mol. The number of para-hydroxylation sites is 5. The van der Waals surface area contributed by atoms with Crippen LogP contribution in [0.4, 0.5) is 0 Å². The zero-order chi connectivity index (χ0) is 56.4. The van der Waals surface area contributed by atoms with Crippen LogP contribution in [-0.2, 0) is 0 Å². The molecule has 0 amide bonds. The van der Waals surface area contributed by atoms with Crippen molar-refractivity contribution in [2.75, 3.05) is 0 Å². The lowest BCUT2D eigenvalue weighted by Crippen LogP contribution is -2.06. The molecule has 86 heavy (non-hydrogen) atoms. The van der Waals surface area contributed by atoms with Crippen LogP contribution in [0.25, 0.3) is 170 Å². The molecule has 0 aliphatic carbocycles. The van der Waals surface area contributed by atoms with Crippen LogP contribution >= 0.6 is 11.3 Å². The van der Waals surface area contributed by atoms with Crippen molar-refractivity contribution in [3.05, 3.63) is 279 Å². The maximum absolute atomic E-state index is 5.64. The molecule has 0 aliphatic rings. The van der Waals surface area contributed by atoms with Crippen LogP contribution in [0.5, 0.6) is 0 Å². The quantitative estimate of drug-likeness (QED) is 0.151. The minimum Gasteiger partial charge on any atom is -0.309 e. The molecule has 0 N–H and O–H groups in total. The summed E-state index contributed by atoms with van der Waals surface area (Å²) in [5.41, 5.74) is 16.4. The van der Waals surface area contributed by atoms with Gasteiger partial charge in [-0.1, -0.05) is 206 Å². The van der Waals surface area contributed by atoms with Crippen molar-refractivity contribution in [1.82, 2.24) is 38.6 Å². The van der Waals surface area contributed by atoms with Crippen molar-refractivity contribution >= 4 is 108 Å². The van der Waals surface area contributed by atoms with E-state index in [0.29, 0.717) is 23.5 Å². The Labute approximate surface area is 496 Å². The predicted molar refractivity (Wildman–Crippen MR) is 356 cm³/mol. The second-order valence-corrected chi connectivity index (χ2v) is 23.0. The van der Waals surface area contributed by atoms with Gasteiger partial charge in [-0.2, -0.15) is 9.97 Å². The maximum Gasteiger partial charge on any atom is 0.238 e. The molecule has 0 unspecified atom stereocenters. The minimum atomic E-state index is 0.557. The highest BCUT2D eigenvalue weighted by atomic mass is 32.1. The first-order valence-corrected chi connectivity index (χ1v) is 29.7. The Morgan fingerprint density at radius 3 is 1.51 bits per heavy atom. The highest BCUT2D eigenvalue weighted by Crippen LogP contribution is 2.45. The molecule has 0 saturated carbocycles. The minimum absolute atomic E-state index is 0.557. The summed E-state index contributed by atoms with van der Waals surface area (Å²) in [4.78, 5) is 27.1. The summed E-state index contributed by atoms with van der Waals surface area (Å²) < 4.78 is 9.29. The van der Waals surface area contributed by atoms with E-state index < -0.39 is 0 Å². The number of rotatable bonds is 8. The van der Waals surface area contributed by atoms with Gasteiger partial charge in [0.2, 0.25) is 11.9 Å². The molecule has 0 bridgehead atoms. The SMILES string of the molecule is c1ccc(-c2nc(-c3cccc(-c4ccccc4-c4nc(-n5c6ccccc6c6cc(-c7ccc8c(c7)c7ccccc7n8-c7ccccc7)ccc65)nc5ccccc45)c3)nc(-n3c4ccccc4c4ccc5c6ccccc6sc5c43)n2)cc1. The van der Waals surface area contributed by atoms with Crippen LogP contribution in [-0.4, -0.2) is 38.6 Å². The number of thiophene rings is 1. The van der Waals surface area contributed by atoms with E-state index in [0.717, 1.165) is 105 Å². The molecule has 0 atom stereocenters. The van der Waals surface area contributed by atoms with Gasteiger partial charge in [0.1, 0.15) is 0 Å². The number of benzene rings is 12. The fourth-order valence-electron chi connectivity index (χ4n) is 13.3. The van der Waals surface area contributed by atoms with Crippen LogP contribution in [0.1, 0.15) is 0 Å². The van der Waals surface area contributed by atoms with Crippen molar-refractivity contribution in [2.45, 2.75) is 0 Å². The Kier molecular flexibility index (Phi) is 10.7. The van der Waals surface area contributed by atoms with Gasteiger partial charge >= 0.3 is 0 Å². The molecule has 8 nitrogen and oxygen atoms in total. The van der Waals surface area contributed by atoms with Crippen LogP contribution < -0.4 is 0 Å². The van der Waals surface area contributed by atoms with Gasteiger partial charge in [-0.15, -0.1) is 11.3 Å². The third-order valence-corrected chi connectivity index (χ3v) is 18.3. The number of hydrogen-bond donors (Lipinski definition) is 0. The third-order valence-electron chi connectivity index (χ3n) is 17.1. The molecule has 0 radical (unpaired) electrons. The predicted octanol–water partition coefficient (Wildman–Crippen LogP) is 19.8. The second kappa shape index (κ2) is 19.1. The van der Waals surface area contributed by atoms with Crippen molar-refractivity contribution < 1.29 is 0 Å². The fraction of sp³-hybridized carbons (Fsp3) is 0. The van der Waals surface area contributed by atoms with E-state index in [4.69, 9.17) is 24.9 Å². The van der Waals surface area contributed by atoms with Crippen molar-refractivity contribution in [1.29, 1.82) is 0 Å². The molecule has 18 aromatic rings. The highest BCUT2D eigenvalue weighted by Gasteiger charge is 2.24. The van der Waals surface area contributed by atoms with E-state index in [1.807, 2.05) is 29.5 Å². The van der Waals surface area contributed by atoms with E-state index >= 15 is 0 Å². The first-order chi connectivity index (χ1) is 42.6. The molecule has 400 valence electrons. The normalized spacial score (nSPS) is 12.0. The van der Waals surface area contributed by atoms with Gasteiger partial charge in [0.05, 0.1) is 49.0 Å². The van der Waals surface area contributed by atoms with Gasteiger partial charge in [0, 0.05) is 75.6 Å². The molecule has 12 aromatic carbocycles. The molecular formula is C77H46N8S. The summed E-state index contributed by atoms with van der Waals surface area (Å²) in [5, 5.41) is 10.4. The fourth-order valence-corrected chi connectivity index (χ4v) is 14.5. The van der Waals surface area contributed by atoms with Gasteiger partial charge in [0.25, 0.3) is 0 Å². The molecule has 9 heteroatoms. The molecule has 0 fully saturated rings. The van der Waals surface area contributed by atoms with E-state index in [2.05, 4.69) is 275 Å². The summed E-state index contributed by atoms with van der Waals surface area (Å²) in [7, 11) is 0. The van der Waals surface area contributed by atoms with Gasteiger partial charge in [-0.3, -0.25) is 9.13 Å². The first-order valence-electron chi connectivity index (χ1n) is 28.9. The number of hydrogen-bond acceptors (Lipinski definition) is 6. The summed E-state index contributed by atoms with van der Waals surface area (Å²) in [6.07, 6.45) is 0. The van der Waals surface area contributed by atoms with E-state index in [1.54, 1.807) is 0 Å². The molecule has 0 aliphatic heterocycles. The third kappa shape index (κ3) is 7.45. The molecule has 18 rings (SSSR count). The Morgan fingerprint density at radius 2 is 0.779 bits per heavy atom. The molecule has 6 aromatic heterocycles. The largest absolute Gasteiger partial charge is 0.309 e. The van der Waals surface area contributed by atoms with Gasteiger partial charge in [0.15, 0.2) is 11.6 Å². The summed E-state index contributed by atoms with van der Waals surface area (Å²) in [5.74, 6) is 2.32. The molecule has 0 saturated heterocycles. The van der Waals surface area contributed by atoms with Crippen molar-refractivity contribution in [3.63, 3.8) is 0 Å². The first kappa shape index (κ1) is 48.2. The van der Waals surface area contributed by atoms with Crippen LogP contribution in [0, 0.1) is 0 Å². The summed E-state index contributed by atoms with van der Waals surface area (Å²) in [6, 6.07) is 99.1. The van der Waals surface area contributed by atoms with E-state index in [1.165, 1.54) is 42.0 Å². The smallest absolute Gasteiger partial charge is 0.238 e. The van der Waals surface area contributed by atoms with Crippen LogP contribution in [0.15, 0.2) is 279 Å². The summed E-state index contributed by atoms with van der Waals surface area (Å²) >= 11 is 1.81. The lowest BCUT2D eigenvalue weighted by molar-refractivity contribution is 0.955. The zero-order valence-electron chi connectivity index (χ0n) is 46.0. The monoisotopic (exact) mass is 1110 g/mol. The van der Waals surface area contributed by atoms with Crippen molar-refractivity contribution in [3.8, 4) is 73.9 Å². The van der Waals surface area contributed by atoms with Crippen molar-refractivity contribution in [2.24, 2.45) is 0 Å². The zero-order valence-corrected chi connectivity index (χ0v) is 46.9. The highest BCUT2D eigenvalue weighted by molar-refractivity contribution is 7.26. The van der Waals surface area contributed by atoms with E-state index in [-0.39, 0.29) is 0 Å². The lowest BCUT2D eigenvalue weighted by atomic mass is 9.94. The molecule has 0 spiro atoms. The van der Waals surface area contributed by atoms with Crippen LogP contribution in [0.2, 0.25) is 0 Å². The standard InChI is InChI=1S/C77H46N8S/c1-3-20-47(21-4-1)74-80-75(82-77(81-74)85-67-36-17-10-27-54(67)59-40-41-60-57-30-13-18-37-70(57)86-73(60)72(59)85)51-23-19-22-50(44-51)53-26-7-8-31-58(53)71-61-32-9-14-33-64(61)78-76(79-71)84-66-35-16-12-29-56(66)63-46-49(39-43-69(63)84)48-38-42-68-62(45-48)55-28-11-15-34-65(55)83(68)52-24-5-2-6-25-52/h1-46H. The van der Waals surface area contributed by atoms with Gasteiger partial charge < -0.3 is 4.57 Å². The Balaban J connectivity index is 0.779. The van der Waals surface area contributed by atoms with Gasteiger partial charge in [-0.25, -0.2) is 15.0 Å².